The highest BCUT2D eigenvalue weighted by molar-refractivity contribution is 7.16. The molecule has 9 nitrogen and oxygen atoms in total. The number of nitrogens with one attached hydrogen (secondary N) is 1. The Hall–Kier alpha value is -3.86. The van der Waals surface area contributed by atoms with Gasteiger partial charge in [0.1, 0.15) is 16.6 Å². The second-order valence-electron chi connectivity index (χ2n) is 7.46. The largest absolute Gasteiger partial charge is 0.461 e. The standard InChI is InChI=1S/C22H17FN4O5S/c1-2-31-22(30)18-14-10-33-20(24-19(28)15-9-16(32-26-15)11-3-4-11)17(14)21(29)27(25-18)13-7-5-12(23)6-8-13/h5-11H,2-4H2,1H3,(H,24,28). The van der Waals surface area contributed by atoms with Crippen LogP contribution in [0.4, 0.5) is 9.39 Å². The number of fused-ring (bicyclic) bond motifs is 1. The number of thiophene rings is 1. The van der Waals surface area contributed by atoms with Crippen LogP contribution in [-0.4, -0.2) is 33.4 Å². The van der Waals surface area contributed by atoms with E-state index < -0.39 is 23.3 Å². The minimum absolute atomic E-state index is 0.0849. The molecule has 1 aliphatic carbocycles. The Bertz CT molecular complexity index is 1440. The minimum Gasteiger partial charge on any atom is -0.461 e. The third kappa shape index (κ3) is 3.91. The average Bonchev–Trinajstić information content (AvgIpc) is 3.37. The van der Waals surface area contributed by atoms with Crippen molar-refractivity contribution in [1.82, 2.24) is 14.9 Å². The van der Waals surface area contributed by atoms with Crippen LogP contribution in [0.15, 0.2) is 45.0 Å². The summed E-state index contributed by atoms with van der Waals surface area (Å²) in [5.74, 6) is -0.803. The molecule has 1 aliphatic rings. The van der Waals surface area contributed by atoms with Gasteiger partial charge in [-0.3, -0.25) is 9.59 Å². The molecule has 0 atom stereocenters. The molecule has 0 spiro atoms. The monoisotopic (exact) mass is 468 g/mol. The Kier molecular flexibility index (Phi) is 5.25. The molecule has 0 unspecified atom stereocenters. The van der Waals surface area contributed by atoms with Gasteiger partial charge in [0, 0.05) is 22.8 Å². The van der Waals surface area contributed by atoms with E-state index in [1.807, 2.05) is 0 Å². The number of ether oxygens (including phenoxy) is 1. The summed E-state index contributed by atoms with van der Waals surface area (Å²) < 4.78 is 24.7. The molecular weight excluding hydrogens is 451 g/mol. The summed E-state index contributed by atoms with van der Waals surface area (Å²) in [5.41, 5.74) is -0.329. The molecule has 168 valence electrons. The molecule has 1 fully saturated rings. The number of anilines is 1. The first kappa shape index (κ1) is 21.0. The van der Waals surface area contributed by atoms with Gasteiger partial charge in [-0.05, 0) is 44.0 Å². The number of esters is 1. The van der Waals surface area contributed by atoms with Crippen LogP contribution >= 0.6 is 11.3 Å². The molecule has 5 rings (SSSR count). The van der Waals surface area contributed by atoms with Gasteiger partial charge in [0.15, 0.2) is 11.4 Å². The zero-order valence-electron chi connectivity index (χ0n) is 17.3. The zero-order chi connectivity index (χ0) is 23.1. The van der Waals surface area contributed by atoms with Gasteiger partial charge in [0.05, 0.1) is 17.7 Å². The summed E-state index contributed by atoms with van der Waals surface area (Å²) in [6, 6.07) is 6.67. The van der Waals surface area contributed by atoms with Crippen LogP contribution in [0.2, 0.25) is 0 Å². The summed E-state index contributed by atoms with van der Waals surface area (Å²) in [4.78, 5) is 38.6. The molecule has 4 aromatic rings. The maximum absolute atomic E-state index is 13.4. The molecule has 3 aromatic heterocycles. The quantitative estimate of drug-likeness (QED) is 0.427. The lowest BCUT2D eigenvalue weighted by atomic mass is 10.2. The predicted molar refractivity (Wildman–Crippen MR) is 118 cm³/mol. The van der Waals surface area contributed by atoms with E-state index in [0.717, 1.165) is 28.9 Å². The number of aromatic nitrogens is 3. The summed E-state index contributed by atoms with van der Waals surface area (Å²) in [6.45, 7) is 1.76. The first-order valence-electron chi connectivity index (χ1n) is 10.2. The maximum Gasteiger partial charge on any atom is 0.359 e. The van der Waals surface area contributed by atoms with E-state index >= 15 is 0 Å². The van der Waals surface area contributed by atoms with Crippen LogP contribution in [0.25, 0.3) is 16.5 Å². The second kappa shape index (κ2) is 8.24. The lowest BCUT2D eigenvalue weighted by Gasteiger charge is -2.09. The lowest BCUT2D eigenvalue weighted by Crippen LogP contribution is -2.25. The van der Waals surface area contributed by atoms with Crippen molar-refractivity contribution in [2.45, 2.75) is 25.7 Å². The normalized spacial score (nSPS) is 13.3. The fourth-order valence-electron chi connectivity index (χ4n) is 3.37. The van der Waals surface area contributed by atoms with E-state index in [4.69, 9.17) is 9.26 Å². The first-order valence-corrected chi connectivity index (χ1v) is 11.1. The van der Waals surface area contributed by atoms with Gasteiger partial charge < -0.3 is 14.6 Å². The molecule has 0 saturated heterocycles. The molecule has 3 heterocycles. The zero-order valence-corrected chi connectivity index (χ0v) is 18.1. The van der Waals surface area contributed by atoms with Gasteiger partial charge in [-0.2, -0.15) is 9.78 Å². The third-order valence-corrected chi connectivity index (χ3v) is 6.06. The van der Waals surface area contributed by atoms with Crippen LogP contribution in [-0.2, 0) is 4.74 Å². The molecule has 1 aromatic carbocycles. The summed E-state index contributed by atoms with van der Waals surface area (Å²) in [7, 11) is 0. The number of carbonyl (C=O) groups is 2. The molecule has 11 heteroatoms. The van der Waals surface area contributed by atoms with E-state index in [-0.39, 0.29) is 39.5 Å². The van der Waals surface area contributed by atoms with Gasteiger partial charge in [-0.25, -0.2) is 9.18 Å². The third-order valence-electron chi connectivity index (χ3n) is 5.16. The van der Waals surface area contributed by atoms with Crippen molar-refractivity contribution >= 4 is 39.0 Å². The van der Waals surface area contributed by atoms with E-state index in [2.05, 4.69) is 15.6 Å². The van der Waals surface area contributed by atoms with Crippen molar-refractivity contribution in [2.24, 2.45) is 0 Å². The number of nitrogens with zero attached hydrogens (tertiary/aromatic N) is 3. The van der Waals surface area contributed by atoms with Crippen LogP contribution in [0.1, 0.15) is 52.4 Å². The van der Waals surface area contributed by atoms with Gasteiger partial charge >= 0.3 is 5.97 Å². The number of hydrogen-bond acceptors (Lipinski definition) is 8. The van der Waals surface area contributed by atoms with E-state index in [1.54, 1.807) is 18.4 Å². The fraction of sp³-hybridized carbons (Fsp3) is 0.227. The molecule has 0 aliphatic heterocycles. The molecule has 33 heavy (non-hydrogen) atoms. The van der Waals surface area contributed by atoms with Gasteiger partial charge in [0.2, 0.25) is 0 Å². The van der Waals surface area contributed by atoms with Crippen molar-refractivity contribution < 1.29 is 23.2 Å². The number of rotatable bonds is 6. The van der Waals surface area contributed by atoms with Crippen LogP contribution in [0.3, 0.4) is 0 Å². The van der Waals surface area contributed by atoms with E-state index in [1.165, 1.54) is 24.3 Å². The van der Waals surface area contributed by atoms with Gasteiger partial charge in [-0.15, -0.1) is 11.3 Å². The Morgan fingerprint density at radius 2 is 2.06 bits per heavy atom. The Balaban J connectivity index is 1.60. The molecule has 1 saturated carbocycles. The van der Waals surface area contributed by atoms with Crippen LogP contribution in [0.5, 0.6) is 0 Å². The van der Waals surface area contributed by atoms with Gasteiger partial charge in [0.25, 0.3) is 11.5 Å². The van der Waals surface area contributed by atoms with Gasteiger partial charge in [-0.1, -0.05) is 5.16 Å². The summed E-state index contributed by atoms with van der Waals surface area (Å²) >= 11 is 1.07. The number of halogens is 1. The van der Waals surface area contributed by atoms with Crippen LogP contribution < -0.4 is 10.9 Å². The molecule has 0 bridgehead atoms. The highest BCUT2D eigenvalue weighted by Gasteiger charge is 2.29. The molecule has 0 radical (unpaired) electrons. The maximum atomic E-state index is 13.4. The van der Waals surface area contributed by atoms with E-state index in [9.17, 15) is 18.8 Å². The Morgan fingerprint density at radius 1 is 1.30 bits per heavy atom. The number of amides is 1. The smallest absolute Gasteiger partial charge is 0.359 e. The Morgan fingerprint density at radius 3 is 2.76 bits per heavy atom. The van der Waals surface area contributed by atoms with Crippen LogP contribution in [0, 0.1) is 5.82 Å². The summed E-state index contributed by atoms with van der Waals surface area (Å²) in [5, 5.41) is 12.8. The molecule has 1 amide bonds. The van der Waals surface area contributed by atoms with Crippen molar-refractivity contribution in [3.63, 3.8) is 0 Å². The van der Waals surface area contributed by atoms with Crippen molar-refractivity contribution in [1.29, 1.82) is 0 Å². The molecule has 1 N–H and O–H groups in total. The fourth-order valence-corrected chi connectivity index (χ4v) is 4.30. The SMILES string of the molecule is CCOC(=O)c1nn(-c2ccc(F)cc2)c(=O)c2c(NC(=O)c3cc(C4CC4)on3)scc12. The van der Waals surface area contributed by atoms with Crippen molar-refractivity contribution in [3.8, 4) is 5.69 Å². The number of carbonyl (C=O) groups excluding carboxylic acids is 2. The minimum atomic E-state index is -0.723. The lowest BCUT2D eigenvalue weighted by molar-refractivity contribution is 0.0520. The number of hydrogen-bond donors (Lipinski definition) is 1. The van der Waals surface area contributed by atoms with Crippen molar-refractivity contribution in [3.05, 3.63) is 69.0 Å². The average molecular weight is 468 g/mol. The Labute approximate surface area is 189 Å². The highest BCUT2D eigenvalue weighted by Crippen LogP contribution is 2.40. The second-order valence-corrected chi connectivity index (χ2v) is 8.34. The molecular formula is C22H17FN4O5S. The first-order chi connectivity index (χ1) is 16.0. The predicted octanol–water partition coefficient (Wildman–Crippen LogP) is 3.88. The van der Waals surface area contributed by atoms with E-state index in [0.29, 0.717) is 11.7 Å². The highest BCUT2D eigenvalue weighted by atomic mass is 32.1. The number of benzene rings is 1. The van der Waals surface area contributed by atoms with Crippen molar-refractivity contribution in [2.75, 3.05) is 11.9 Å². The summed E-state index contributed by atoms with van der Waals surface area (Å²) in [6.07, 6.45) is 2.00. The topological polar surface area (TPSA) is 116 Å².